The van der Waals surface area contributed by atoms with Crippen molar-refractivity contribution in [2.75, 3.05) is 0 Å². The Balaban J connectivity index is 2.78. The molecule has 2 N–H and O–H groups in total. The van der Waals surface area contributed by atoms with Gasteiger partial charge in [-0.15, -0.1) is 0 Å². The predicted molar refractivity (Wildman–Crippen MR) is 48.6 cm³/mol. The highest BCUT2D eigenvalue weighted by molar-refractivity contribution is 5.54. The summed E-state index contributed by atoms with van der Waals surface area (Å²) in [6.07, 6.45) is 0.887. The van der Waals surface area contributed by atoms with Gasteiger partial charge >= 0.3 is 0 Å². The van der Waals surface area contributed by atoms with E-state index in [2.05, 4.69) is 0 Å². The molecule has 0 saturated carbocycles. The van der Waals surface area contributed by atoms with Crippen LogP contribution < -0.4 is 5.73 Å². The van der Waals surface area contributed by atoms with Crippen LogP contribution in [0.4, 0.5) is 0 Å². The summed E-state index contributed by atoms with van der Waals surface area (Å²) >= 11 is 0. The normalized spacial score (nSPS) is 15.2. The van der Waals surface area contributed by atoms with Gasteiger partial charge in [0.2, 0.25) is 0 Å². The van der Waals surface area contributed by atoms with Crippen LogP contribution in [0.25, 0.3) is 0 Å². The van der Waals surface area contributed by atoms with Crippen LogP contribution >= 0.6 is 0 Å². The Kier molecular flexibility index (Phi) is 3.00. The van der Waals surface area contributed by atoms with E-state index in [0.717, 1.165) is 11.8 Å². The van der Waals surface area contributed by atoms with E-state index in [1.807, 2.05) is 37.3 Å². The van der Waals surface area contributed by atoms with E-state index in [1.165, 1.54) is 0 Å². The lowest BCUT2D eigenvalue weighted by molar-refractivity contribution is -0.111. The third-order valence-corrected chi connectivity index (χ3v) is 1.97. The van der Waals surface area contributed by atoms with Crippen molar-refractivity contribution in [3.63, 3.8) is 0 Å². The topological polar surface area (TPSA) is 43.1 Å². The minimum Gasteiger partial charge on any atom is -0.323 e. The molecule has 2 nitrogen and oxygen atoms in total. The summed E-state index contributed by atoms with van der Waals surface area (Å²) in [5.74, 6) is -0.118. The Bertz CT molecular complexity index is 245. The van der Waals surface area contributed by atoms with Gasteiger partial charge in [-0.2, -0.15) is 0 Å². The maximum Gasteiger partial charge on any atom is 0.124 e. The van der Waals surface area contributed by atoms with Crippen LogP contribution in [0.3, 0.4) is 0 Å². The molecule has 1 aromatic rings. The molecule has 0 aliphatic heterocycles. The van der Waals surface area contributed by atoms with Crippen molar-refractivity contribution in [2.24, 2.45) is 11.7 Å². The van der Waals surface area contributed by atoms with Gasteiger partial charge in [0.05, 0.1) is 0 Å². The van der Waals surface area contributed by atoms with Crippen molar-refractivity contribution in [3.8, 4) is 0 Å². The third kappa shape index (κ3) is 1.92. The first kappa shape index (κ1) is 8.94. The summed E-state index contributed by atoms with van der Waals surface area (Å²) in [4.78, 5) is 10.4. The highest BCUT2D eigenvalue weighted by atomic mass is 16.1. The number of hydrogen-bond acceptors (Lipinski definition) is 2. The lowest BCUT2D eigenvalue weighted by Crippen LogP contribution is -2.19. The number of aldehydes is 1. The molecule has 0 saturated heterocycles. The molecule has 64 valence electrons. The minimum atomic E-state index is -0.177. The summed E-state index contributed by atoms with van der Waals surface area (Å²) in [5, 5.41) is 0. The van der Waals surface area contributed by atoms with Crippen LogP contribution in [0.5, 0.6) is 0 Å². The summed E-state index contributed by atoms with van der Waals surface area (Å²) in [6, 6.07) is 9.47. The van der Waals surface area contributed by atoms with Crippen molar-refractivity contribution in [2.45, 2.75) is 13.0 Å². The average Bonchev–Trinajstić information content (AvgIpc) is 2.17. The molecule has 0 heterocycles. The number of carbonyl (C=O) groups is 1. The molecule has 0 unspecified atom stereocenters. The molecule has 2 atom stereocenters. The van der Waals surface area contributed by atoms with Gasteiger partial charge in [-0.3, -0.25) is 0 Å². The van der Waals surface area contributed by atoms with Crippen molar-refractivity contribution < 1.29 is 4.79 Å². The van der Waals surface area contributed by atoms with E-state index in [9.17, 15) is 4.79 Å². The third-order valence-electron chi connectivity index (χ3n) is 1.97. The molecule has 0 aliphatic rings. The smallest absolute Gasteiger partial charge is 0.124 e. The molecular formula is C10H13NO. The molecule has 2 heteroatoms. The monoisotopic (exact) mass is 163 g/mol. The summed E-state index contributed by atoms with van der Waals surface area (Å²) in [5.41, 5.74) is 6.83. The van der Waals surface area contributed by atoms with E-state index in [0.29, 0.717) is 0 Å². The number of benzene rings is 1. The molecule has 0 bridgehead atoms. The van der Waals surface area contributed by atoms with E-state index in [1.54, 1.807) is 0 Å². The van der Waals surface area contributed by atoms with Gasteiger partial charge in [0.15, 0.2) is 0 Å². The standard InChI is InChI=1S/C10H13NO/c1-8(7-12)10(11)9-5-3-2-4-6-9/h2-8,10H,11H2,1H3/t8-,10+/m1/s1. The summed E-state index contributed by atoms with van der Waals surface area (Å²) < 4.78 is 0. The Hall–Kier alpha value is -1.15. The Morgan fingerprint density at radius 2 is 1.92 bits per heavy atom. The van der Waals surface area contributed by atoms with Gasteiger partial charge in [-0.25, -0.2) is 0 Å². The SMILES string of the molecule is C[C@H](C=O)[C@H](N)c1ccccc1. The highest BCUT2D eigenvalue weighted by Crippen LogP contribution is 2.16. The zero-order valence-corrected chi connectivity index (χ0v) is 7.10. The van der Waals surface area contributed by atoms with Crippen molar-refractivity contribution in [1.82, 2.24) is 0 Å². The van der Waals surface area contributed by atoms with Gasteiger partial charge in [0.1, 0.15) is 6.29 Å². The Morgan fingerprint density at radius 3 is 2.42 bits per heavy atom. The summed E-state index contributed by atoms with van der Waals surface area (Å²) in [6.45, 7) is 1.82. The zero-order chi connectivity index (χ0) is 8.97. The molecule has 0 fully saturated rings. The molecule has 0 spiro atoms. The number of nitrogens with two attached hydrogens (primary N) is 1. The average molecular weight is 163 g/mol. The molecule has 0 amide bonds. The van der Waals surface area contributed by atoms with Gasteiger partial charge in [-0.05, 0) is 5.56 Å². The molecule has 0 radical (unpaired) electrons. The number of hydrogen-bond donors (Lipinski definition) is 1. The quantitative estimate of drug-likeness (QED) is 0.686. The first-order chi connectivity index (χ1) is 5.75. The molecule has 1 rings (SSSR count). The maximum absolute atomic E-state index is 10.4. The molecule has 0 aliphatic carbocycles. The van der Waals surface area contributed by atoms with Gasteiger partial charge < -0.3 is 10.5 Å². The predicted octanol–water partition coefficient (Wildman–Crippen LogP) is 1.52. The fraction of sp³-hybridized carbons (Fsp3) is 0.300. The zero-order valence-electron chi connectivity index (χ0n) is 7.10. The Morgan fingerprint density at radius 1 is 1.33 bits per heavy atom. The van der Waals surface area contributed by atoms with Gasteiger partial charge in [-0.1, -0.05) is 37.3 Å². The van der Waals surface area contributed by atoms with E-state index < -0.39 is 0 Å². The number of rotatable bonds is 3. The first-order valence-corrected chi connectivity index (χ1v) is 4.01. The van der Waals surface area contributed by atoms with Crippen LogP contribution in [0.1, 0.15) is 18.5 Å². The van der Waals surface area contributed by atoms with Crippen LogP contribution in [0.15, 0.2) is 30.3 Å². The van der Waals surface area contributed by atoms with Crippen LogP contribution in [0, 0.1) is 5.92 Å². The lowest BCUT2D eigenvalue weighted by atomic mass is 9.97. The molecule has 0 aromatic heterocycles. The van der Waals surface area contributed by atoms with Crippen molar-refractivity contribution in [3.05, 3.63) is 35.9 Å². The largest absolute Gasteiger partial charge is 0.323 e. The fourth-order valence-electron chi connectivity index (χ4n) is 1.06. The van der Waals surface area contributed by atoms with Crippen molar-refractivity contribution in [1.29, 1.82) is 0 Å². The second kappa shape index (κ2) is 4.02. The first-order valence-electron chi connectivity index (χ1n) is 4.01. The molecule has 12 heavy (non-hydrogen) atoms. The number of carbonyl (C=O) groups excluding carboxylic acids is 1. The fourth-order valence-corrected chi connectivity index (χ4v) is 1.06. The molecular weight excluding hydrogens is 150 g/mol. The lowest BCUT2D eigenvalue weighted by Gasteiger charge is -2.14. The van der Waals surface area contributed by atoms with E-state index in [4.69, 9.17) is 5.73 Å². The van der Waals surface area contributed by atoms with Crippen LogP contribution in [-0.2, 0) is 4.79 Å². The van der Waals surface area contributed by atoms with Crippen molar-refractivity contribution >= 4 is 6.29 Å². The van der Waals surface area contributed by atoms with E-state index in [-0.39, 0.29) is 12.0 Å². The second-order valence-corrected chi connectivity index (χ2v) is 2.93. The summed E-state index contributed by atoms with van der Waals surface area (Å²) in [7, 11) is 0. The van der Waals surface area contributed by atoms with Crippen LogP contribution in [-0.4, -0.2) is 6.29 Å². The van der Waals surface area contributed by atoms with E-state index >= 15 is 0 Å². The highest BCUT2D eigenvalue weighted by Gasteiger charge is 2.12. The Labute approximate surface area is 72.4 Å². The maximum atomic E-state index is 10.4. The molecule has 1 aromatic carbocycles. The van der Waals surface area contributed by atoms with Crippen LogP contribution in [0.2, 0.25) is 0 Å². The van der Waals surface area contributed by atoms with Gasteiger partial charge in [0.25, 0.3) is 0 Å². The minimum absolute atomic E-state index is 0.118. The van der Waals surface area contributed by atoms with Gasteiger partial charge in [0, 0.05) is 12.0 Å². The second-order valence-electron chi connectivity index (χ2n) is 2.93.